The lowest BCUT2D eigenvalue weighted by molar-refractivity contribution is 1.43. The predicted molar refractivity (Wildman–Crippen MR) is 123 cm³/mol. The monoisotopic (exact) mass is 394 g/mol. The fraction of sp³-hybridized carbons (Fsp3) is 0. The van der Waals surface area contributed by atoms with Crippen LogP contribution in [-0.2, 0) is 0 Å². The largest absolute Gasteiger partial charge is 0.0895 e. The molecule has 28 heavy (non-hydrogen) atoms. The minimum Gasteiger partial charge on any atom is -0.0895 e. The maximum atomic E-state index is 2.34. The van der Waals surface area contributed by atoms with Crippen LogP contribution in [0.15, 0.2) is 129 Å². The SMILES string of the molecule is c1ccc(Sc2cccc3cc4c(Sc5ccccc5)cccc4cc23)cc1. The van der Waals surface area contributed by atoms with Crippen molar-refractivity contribution in [2.24, 2.45) is 0 Å². The Bertz CT molecular complexity index is 1140. The zero-order valence-electron chi connectivity index (χ0n) is 15.2. The molecule has 0 spiro atoms. The standard InChI is InChI=1S/C26H18S2/c1-3-11-21(12-4-1)27-25-15-7-9-19-18-24-20(17-23(19)25)10-8-16-26(24)28-22-13-5-2-6-14-22/h1-18H. The van der Waals surface area contributed by atoms with E-state index < -0.39 is 0 Å². The van der Waals surface area contributed by atoms with E-state index in [1.54, 1.807) is 0 Å². The normalized spacial score (nSPS) is 11.1. The maximum absolute atomic E-state index is 2.34. The summed E-state index contributed by atoms with van der Waals surface area (Å²) in [5.74, 6) is 0. The van der Waals surface area contributed by atoms with E-state index in [9.17, 15) is 0 Å². The fourth-order valence-electron chi connectivity index (χ4n) is 3.40. The summed E-state index contributed by atoms with van der Waals surface area (Å²) in [7, 11) is 0. The number of rotatable bonds is 4. The van der Waals surface area contributed by atoms with E-state index in [0.29, 0.717) is 0 Å². The molecule has 0 aliphatic rings. The molecule has 134 valence electrons. The van der Waals surface area contributed by atoms with Gasteiger partial charge in [-0.3, -0.25) is 0 Å². The third-order valence-corrected chi connectivity index (χ3v) is 6.91. The quantitative estimate of drug-likeness (QED) is 0.281. The average Bonchev–Trinajstić information content (AvgIpc) is 2.75. The molecule has 2 heteroatoms. The van der Waals surface area contributed by atoms with E-state index in [2.05, 4.69) is 109 Å². The van der Waals surface area contributed by atoms with Gasteiger partial charge in [0.15, 0.2) is 0 Å². The van der Waals surface area contributed by atoms with Crippen molar-refractivity contribution in [3.8, 4) is 0 Å². The van der Waals surface area contributed by atoms with Crippen LogP contribution in [-0.4, -0.2) is 0 Å². The van der Waals surface area contributed by atoms with Crippen LogP contribution in [0.3, 0.4) is 0 Å². The summed E-state index contributed by atoms with van der Waals surface area (Å²) in [4.78, 5) is 5.13. The molecule has 5 rings (SSSR count). The van der Waals surface area contributed by atoms with Crippen LogP contribution < -0.4 is 0 Å². The van der Waals surface area contributed by atoms with Gasteiger partial charge in [0, 0.05) is 19.6 Å². The smallest absolute Gasteiger partial charge is 0.0201 e. The Morgan fingerprint density at radius 1 is 0.393 bits per heavy atom. The zero-order chi connectivity index (χ0) is 18.8. The first-order chi connectivity index (χ1) is 13.9. The summed E-state index contributed by atoms with van der Waals surface area (Å²) < 4.78 is 0. The van der Waals surface area contributed by atoms with Gasteiger partial charge >= 0.3 is 0 Å². The third kappa shape index (κ3) is 3.54. The minimum atomic E-state index is 1.27. The molecule has 5 aromatic rings. The molecule has 0 atom stereocenters. The van der Waals surface area contributed by atoms with Crippen molar-refractivity contribution in [2.75, 3.05) is 0 Å². The molecule has 0 fully saturated rings. The topological polar surface area (TPSA) is 0 Å². The van der Waals surface area contributed by atoms with Crippen molar-refractivity contribution in [1.82, 2.24) is 0 Å². The summed E-state index contributed by atoms with van der Waals surface area (Å²) in [6, 6.07) is 39.0. The molecule has 0 N–H and O–H groups in total. The van der Waals surface area contributed by atoms with Gasteiger partial charge in [0.1, 0.15) is 0 Å². The molecule has 0 amide bonds. The van der Waals surface area contributed by atoms with Gasteiger partial charge in [-0.2, -0.15) is 0 Å². The van der Waals surface area contributed by atoms with Crippen molar-refractivity contribution in [1.29, 1.82) is 0 Å². The van der Waals surface area contributed by atoms with E-state index in [-0.39, 0.29) is 0 Å². The van der Waals surface area contributed by atoms with Gasteiger partial charge in [0.2, 0.25) is 0 Å². The molecule has 0 saturated heterocycles. The van der Waals surface area contributed by atoms with Gasteiger partial charge in [-0.15, -0.1) is 0 Å². The van der Waals surface area contributed by atoms with Gasteiger partial charge in [-0.05, 0) is 70.1 Å². The second-order valence-corrected chi connectivity index (χ2v) is 8.87. The first-order valence-corrected chi connectivity index (χ1v) is 10.9. The zero-order valence-corrected chi connectivity index (χ0v) is 16.8. The van der Waals surface area contributed by atoms with E-state index in [4.69, 9.17) is 0 Å². The van der Waals surface area contributed by atoms with Crippen molar-refractivity contribution < 1.29 is 0 Å². The van der Waals surface area contributed by atoms with Crippen molar-refractivity contribution in [3.63, 3.8) is 0 Å². The summed E-state index contributed by atoms with van der Waals surface area (Å²) >= 11 is 3.65. The van der Waals surface area contributed by atoms with Crippen molar-refractivity contribution in [2.45, 2.75) is 19.6 Å². The van der Waals surface area contributed by atoms with Crippen LogP contribution in [0, 0.1) is 0 Å². The van der Waals surface area contributed by atoms with Crippen LogP contribution in [0.5, 0.6) is 0 Å². The lowest BCUT2D eigenvalue weighted by Crippen LogP contribution is -1.83. The van der Waals surface area contributed by atoms with Crippen molar-refractivity contribution >= 4 is 45.1 Å². The van der Waals surface area contributed by atoms with Crippen LogP contribution in [0.25, 0.3) is 21.5 Å². The Balaban J connectivity index is 1.61. The molecule has 0 unspecified atom stereocenters. The van der Waals surface area contributed by atoms with Gasteiger partial charge in [0.05, 0.1) is 0 Å². The van der Waals surface area contributed by atoms with Crippen LogP contribution >= 0.6 is 23.5 Å². The van der Waals surface area contributed by atoms with E-state index in [1.165, 1.54) is 41.1 Å². The predicted octanol–water partition coefficient (Wildman–Crippen LogP) is 8.30. The summed E-state index contributed by atoms with van der Waals surface area (Å²) in [5, 5.41) is 5.19. The highest BCUT2D eigenvalue weighted by Crippen LogP contribution is 2.39. The molecule has 0 saturated carbocycles. The highest BCUT2D eigenvalue weighted by Gasteiger charge is 2.08. The summed E-state index contributed by atoms with van der Waals surface area (Å²) in [5.41, 5.74) is 0. The lowest BCUT2D eigenvalue weighted by Gasteiger charge is -2.11. The Morgan fingerprint density at radius 3 is 1.25 bits per heavy atom. The Hall–Kier alpha value is -2.68. The lowest BCUT2D eigenvalue weighted by atomic mass is 10.0. The molecular weight excluding hydrogens is 376 g/mol. The van der Waals surface area contributed by atoms with Crippen molar-refractivity contribution in [3.05, 3.63) is 109 Å². The molecule has 0 nitrogen and oxygen atoms in total. The maximum Gasteiger partial charge on any atom is 0.0201 e. The van der Waals surface area contributed by atoms with E-state index in [0.717, 1.165) is 0 Å². The van der Waals surface area contributed by atoms with Gasteiger partial charge < -0.3 is 0 Å². The Kier molecular flexibility index (Phi) is 4.82. The molecule has 0 radical (unpaired) electrons. The molecular formula is C26H18S2. The molecule has 0 aromatic heterocycles. The highest BCUT2D eigenvalue weighted by molar-refractivity contribution is 7.99. The number of benzene rings is 5. The average molecular weight is 395 g/mol. The Morgan fingerprint density at radius 2 is 0.821 bits per heavy atom. The van der Waals surface area contributed by atoms with E-state index >= 15 is 0 Å². The molecule has 0 heterocycles. The number of hydrogen-bond donors (Lipinski definition) is 0. The Labute approximate surface area is 173 Å². The van der Waals surface area contributed by atoms with E-state index in [1.807, 2.05) is 23.5 Å². The summed E-state index contributed by atoms with van der Waals surface area (Å²) in [6.07, 6.45) is 0. The van der Waals surface area contributed by atoms with Gasteiger partial charge in [-0.1, -0.05) is 84.2 Å². The summed E-state index contributed by atoms with van der Waals surface area (Å²) in [6.45, 7) is 0. The van der Waals surface area contributed by atoms with Crippen LogP contribution in [0.4, 0.5) is 0 Å². The fourth-order valence-corrected chi connectivity index (χ4v) is 5.36. The molecule has 0 bridgehead atoms. The highest BCUT2D eigenvalue weighted by atomic mass is 32.2. The molecule has 5 aromatic carbocycles. The van der Waals surface area contributed by atoms with Crippen LogP contribution in [0.2, 0.25) is 0 Å². The second-order valence-electron chi connectivity index (χ2n) is 6.64. The van der Waals surface area contributed by atoms with Gasteiger partial charge in [-0.25, -0.2) is 0 Å². The molecule has 0 aliphatic carbocycles. The van der Waals surface area contributed by atoms with Gasteiger partial charge in [0.25, 0.3) is 0 Å². The first kappa shape index (κ1) is 17.4. The second kappa shape index (κ2) is 7.75. The minimum absolute atomic E-state index is 1.27. The molecule has 0 aliphatic heterocycles. The number of hydrogen-bond acceptors (Lipinski definition) is 2. The third-order valence-electron chi connectivity index (χ3n) is 4.74. The first-order valence-electron chi connectivity index (χ1n) is 9.28. The number of fused-ring (bicyclic) bond motifs is 2. The van der Waals surface area contributed by atoms with Crippen LogP contribution in [0.1, 0.15) is 0 Å².